The minimum Gasteiger partial charge on any atom is -0.387 e. The molecule has 286 valence electrons. The van der Waals surface area contributed by atoms with Crippen molar-refractivity contribution in [2.24, 2.45) is 26.7 Å². The van der Waals surface area contributed by atoms with E-state index in [2.05, 4.69) is 37.6 Å². The molecule has 2 fully saturated rings. The summed E-state index contributed by atoms with van der Waals surface area (Å²) >= 11 is 0. The molecule has 3 aromatic rings. The number of nitrogens with one attached hydrogen (secondary N) is 4. The third kappa shape index (κ3) is 8.31. The van der Waals surface area contributed by atoms with Crippen LogP contribution in [0.2, 0.25) is 0 Å². The van der Waals surface area contributed by atoms with E-state index in [0.717, 1.165) is 11.1 Å². The van der Waals surface area contributed by atoms with Gasteiger partial charge in [0.05, 0.1) is 28.3 Å². The number of carbonyl (C=O) groups is 2. The van der Waals surface area contributed by atoms with E-state index in [1.54, 1.807) is 65.8 Å². The monoisotopic (exact) mass is 744 g/mol. The Morgan fingerprint density at radius 2 is 1.26 bits per heavy atom. The van der Waals surface area contributed by atoms with Gasteiger partial charge in [0.15, 0.2) is 0 Å². The molecule has 2 aromatic carbocycles. The van der Waals surface area contributed by atoms with Crippen molar-refractivity contribution in [1.29, 1.82) is 0 Å². The van der Waals surface area contributed by atoms with Gasteiger partial charge in [-0.05, 0) is 43.5 Å². The Morgan fingerprint density at radius 3 is 1.72 bits per heavy atom. The van der Waals surface area contributed by atoms with E-state index in [1.807, 2.05) is 24.3 Å². The van der Waals surface area contributed by atoms with Crippen molar-refractivity contribution in [3.63, 3.8) is 0 Å². The van der Waals surface area contributed by atoms with Crippen LogP contribution in [0, 0.1) is 21.7 Å². The smallest absolute Gasteiger partial charge is 0.387 e. The lowest BCUT2D eigenvalue weighted by atomic mass is 9.90. The van der Waals surface area contributed by atoms with Crippen LogP contribution in [0.4, 0.5) is 26.3 Å². The number of aromatic amines is 1. The van der Waals surface area contributed by atoms with Crippen molar-refractivity contribution in [2.45, 2.75) is 91.7 Å². The molecule has 2 unspecified atom stereocenters. The number of amides is 2. The van der Waals surface area contributed by atoms with Crippen molar-refractivity contribution >= 4 is 24.2 Å². The molecular formula is C39H46F6N6O2. The first kappa shape index (κ1) is 39.6. The molecule has 1 aromatic heterocycles. The van der Waals surface area contributed by atoms with Gasteiger partial charge in [0.25, 0.3) is 0 Å². The van der Waals surface area contributed by atoms with E-state index in [0.29, 0.717) is 22.5 Å². The lowest BCUT2D eigenvalue weighted by Gasteiger charge is -2.32. The molecule has 2 aliphatic carbocycles. The number of alkyl halides is 6. The molecule has 4 N–H and O–H groups in total. The first-order valence-electron chi connectivity index (χ1n) is 17.4. The molecule has 2 aliphatic rings. The number of rotatable bonds is 12. The van der Waals surface area contributed by atoms with Gasteiger partial charge in [-0.25, -0.2) is 4.98 Å². The maximum atomic E-state index is 14.2. The number of imidazole rings is 1. The Bertz CT molecular complexity index is 1840. The summed E-state index contributed by atoms with van der Waals surface area (Å²) in [5.41, 5.74) is -1.98. The highest BCUT2D eigenvalue weighted by Gasteiger charge is 2.69. The summed E-state index contributed by atoms with van der Waals surface area (Å²) in [7, 11) is 0. The maximum absolute atomic E-state index is 14.2. The third-order valence-corrected chi connectivity index (χ3v) is 10.2. The minimum absolute atomic E-state index is 0.0406. The predicted molar refractivity (Wildman–Crippen MR) is 192 cm³/mol. The second kappa shape index (κ2) is 14.0. The van der Waals surface area contributed by atoms with Crippen LogP contribution in [0.15, 0.2) is 65.9 Å². The van der Waals surface area contributed by atoms with Gasteiger partial charge < -0.3 is 20.9 Å². The van der Waals surface area contributed by atoms with Crippen molar-refractivity contribution < 1.29 is 35.9 Å². The Labute approximate surface area is 305 Å². The number of aromatic nitrogens is 2. The number of halogens is 6. The Kier molecular flexibility index (Phi) is 10.4. The minimum atomic E-state index is -4.52. The van der Waals surface area contributed by atoms with Gasteiger partial charge in [-0.3, -0.25) is 14.6 Å². The fourth-order valence-corrected chi connectivity index (χ4v) is 6.20. The molecule has 5 rings (SSSR count). The van der Waals surface area contributed by atoms with E-state index in [4.69, 9.17) is 0 Å². The van der Waals surface area contributed by atoms with Crippen molar-refractivity contribution in [3.05, 3.63) is 72.3 Å². The van der Waals surface area contributed by atoms with Crippen LogP contribution in [-0.2, 0) is 9.59 Å². The predicted octanol–water partition coefficient (Wildman–Crippen LogP) is 8.75. The molecule has 0 radical (unpaired) electrons. The molecule has 1 heterocycles. The molecule has 0 bridgehead atoms. The van der Waals surface area contributed by atoms with E-state index in [1.165, 1.54) is 12.4 Å². The van der Waals surface area contributed by atoms with Gasteiger partial charge in [-0.1, -0.05) is 90.1 Å². The number of benzene rings is 2. The van der Waals surface area contributed by atoms with E-state index < -0.39 is 57.9 Å². The third-order valence-electron chi connectivity index (χ3n) is 10.2. The molecule has 0 spiro atoms. The van der Waals surface area contributed by atoms with Gasteiger partial charge in [0.1, 0.15) is 11.9 Å². The summed E-state index contributed by atoms with van der Waals surface area (Å²) in [5, 5.41) is 8.14. The normalized spacial score (nSPS) is 18.1. The van der Waals surface area contributed by atoms with Crippen LogP contribution in [0.25, 0.3) is 28.1 Å². The summed E-state index contributed by atoms with van der Waals surface area (Å²) < 4.78 is 84.5. The number of H-pyrrole nitrogens is 1. The maximum Gasteiger partial charge on any atom is 0.396 e. The number of nitrogens with zero attached hydrogens (tertiary/aromatic N) is 2. The average Bonchev–Trinajstić information content (AvgIpc) is 4.00. The molecule has 0 saturated heterocycles. The van der Waals surface area contributed by atoms with Gasteiger partial charge in [-0.2, -0.15) is 26.3 Å². The lowest BCUT2D eigenvalue weighted by molar-refractivity contribution is -0.198. The van der Waals surface area contributed by atoms with Crippen LogP contribution in [0.1, 0.15) is 84.7 Å². The summed E-state index contributed by atoms with van der Waals surface area (Å²) in [5.74, 6) is -0.929. The van der Waals surface area contributed by atoms with Crippen LogP contribution < -0.4 is 16.0 Å². The highest BCUT2D eigenvalue weighted by atomic mass is 19.4. The Morgan fingerprint density at radius 1 is 0.792 bits per heavy atom. The van der Waals surface area contributed by atoms with Gasteiger partial charge in [0, 0.05) is 40.9 Å². The molecule has 2 atom stereocenters. The SMILES string of the molecule is C=N/C(=C\NCC(NC(=O)C(C)(C)C)C1(C(F)(F)F)CC1)c1ccc(-c2ccc(-c3c[nH]c(C(NC(=O)C(C)(C)C)C4(C(F)(F)F)CC4)n3)cc2)cc1. The average molecular weight is 745 g/mol. The van der Waals surface area contributed by atoms with Gasteiger partial charge in [-0.15, -0.1) is 0 Å². The van der Waals surface area contributed by atoms with Crippen LogP contribution in [0.3, 0.4) is 0 Å². The quantitative estimate of drug-likeness (QED) is 0.110. The first-order chi connectivity index (χ1) is 24.5. The van der Waals surface area contributed by atoms with E-state index in [-0.39, 0.29) is 38.1 Å². The molecule has 14 heteroatoms. The fourth-order valence-electron chi connectivity index (χ4n) is 6.20. The number of aliphatic imine (C=N–C) groups is 1. The van der Waals surface area contributed by atoms with Crippen molar-refractivity contribution in [2.75, 3.05) is 6.54 Å². The number of hydrogen-bond donors (Lipinski definition) is 4. The van der Waals surface area contributed by atoms with Gasteiger partial charge >= 0.3 is 12.4 Å². The van der Waals surface area contributed by atoms with Crippen LogP contribution in [-0.4, -0.2) is 53.4 Å². The van der Waals surface area contributed by atoms with Gasteiger partial charge in [0.2, 0.25) is 11.8 Å². The lowest BCUT2D eigenvalue weighted by Crippen LogP contribution is -2.54. The van der Waals surface area contributed by atoms with Crippen molar-refractivity contribution in [1.82, 2.24) is 25.9 Å². The molecule has 53 heavy (non-hydrogen) atoms. The zero-order valence-corrected chi connectivity index (χ0v) is 30.6. The van der Waals surface area contributed by atoms with Crippen molar-refractivity contribution in [3.8, 4) is 22.4 Å². The van der Waals surface area contributed by atoms with E-state index >= 15 is 0 Å². The van der Waals surface area contributed by atoms with E-state index in [9.17, 15) is 35.9 Å². The van der Waals surface area contributed by atoms with Crippen LogP contribution >= 0.6 is 0 Å². The standard InChI is InChI=1S/C39H46F6N6O2/c1-34(2,3)32(52)50-29(36(16-17-36)38(40,41)42)22-47-20-27(46-7)25-12-8-23(9-13-25)24-10-14-26(15-11-24)28-21-48-31(49-28)30(51-33(53)35(4,5)6)37(18-19-37)39(43,44)45/h8-15,20-21,29-30,47H,7,16-19,22H2,1-6H3,(H,48,49)(H,50,52)(H,51,53)/b27-20-. The second-order valence-corrected chi connectivity index (χ2v) is 16.2. The number of carbonyl (C=O) groups excluding carboxylic acids is 2. The fraction of sp³-hybridized carbons (Fsp3) is 0.487. The summed E-state index contributed by atoms with van der Waals surface area (Å²) in [6.07, 6.45) is -6.31. The molecule has 0 aliphatic heterocycles. The Hall–Kier alpha value is -4.62. The second-order valence-electron chi connectivity index (χ2n) is 16.2. The first-order valence-corrected chi connectivity index (χ1v) is 17.4. The molecule has 2 amide bonds. The zero-order chi connectivity index (χ0) is 39.2. The largest absolute Gasteiger partial charge is 0.396 e. The molecular weight excluding hydrogens is 698 g/mol. The summed E-state index contributed by atoms with van der Waals surface area (Å²) in [6.45, 7) is 13.3. The summed E-state index contributed by atoms with van der Waals surface area (Å²) in [6, 6.07) is 12.0. The topological polar surface area (TPSA) is 111 Å². The zero-order valence-electron chi connectivity index (χ0n) is 30.6. The van der Waals surface area contributed by atoms with Crippen LogP contribution in [0.5, 0.6) is 0 Å². The number of hydrogen-bond acceptors (Lipinski definition) is 5. The summed E-state index contributed by atoms with van der Waals surface area (Å²) in [4.78, 5) is 36.8. The highest BCUT2D eigenvalue weighted by molar-refractivity contribution is 5.82. The molecule has 8 nitrogen and oxygen atoms in total. The molecule has 2 saturated carbocycles. The Balaban J connectivity index is 1.28. The highest BCUT2D eigenvalue weighted by Crippen LogP contribution is 2.64.